The molecule has 7 heteroatoms. The van der Waals surface area contributed by atoms with Gasteiger partial charge >= 0.3 is 0 Å². The average Bonchev–Trinajstić information content (AvgIpc) is 3.09. The van der Waals surface area contributed by atoms with Crippen LogP contribution in [0.4, 0.5) is 0 Å². The first-order valence-corrected chi connectivity index (χ1v) is 8.31. The monoisotopic (exact) mass is 342 g/mol. The highest BCUT2D eigenvalue weighted by molar-refractivity contribution is 5.86. The van der Waals surface area contributed by atoms with Gasteiger partial charge in [-0.25, -0.2) is 4.98 Å². The molecule has 1 aromatic carbocycles. The van der Waals surface area contributed by atoms with Crippen molar-refractivity contribution in [3.05, 3.63) is 54.1 Å². The highest BCUT2D eigenvalue weighted by Crippen LogP contribution is 2.24. The van der Waals surface area contributed by atoms with Gasteiger partial charge in [-0.3, -0.25) is 9.59 Å². The summed E-state index contributed by atoms with van der Waals surface area (Å²) in [6.07, 6.45) is 2.86. The molecular weight excluding hydrogens is 320 g/mol. The Bertz CT molecular complexity index is 744. The molecule has 25 heavy (non-hydrogen) atoms. The average molecular weight is 342 g/mol. The molecule has 0 aliphatic carbocycles. The Labute approximate surface area is 146 Å². The van der Waals surface area contributed by atoms with Crippen LogP contribution in [0.5, 0.6) is 0 Å². The maximum Gasteiger partial charge on any atom is 0.254 e. The van der Waals surface area contributed by atoms with Crippen molar-refractivity contribution in [2.45, 2.75) is 32.2 Å². The van der Waals surface area contributed by atoms with E-state index in [-0.39, 0.29) is 18.4 Å². The summed E-state index contributed by atoms with van der Waals surface area (Å²) in [7, 11) is 1.72. The van der Waals surface area contributed by atoms with E-state index in [2.05, 4.69) is 10.3 Å². The number of aryl methyl sites for hydroxylation is 1. The van der Waals surface area contributed by atoms with Crippen molar-refractivity contribution in [1.29, 1.82) is 0 Å². The highest BCUT2D eigenvalue weighted by atomic mass is 16.5. The summed E-state index contributed by atoms with van der Waals surface area (Å²) in [4.78, 5) is 30.6. The van der Waals surface area contributed by atoms with Crippen LogP contribution in [0.2, 0.25) is 0 Å². The minimum absolute atomic E-state index is 0.114. The molecule has 0 spiro atoms. The maximum atomic E-state index is 12.9. The third-order valence-corrected chi connectivity index (χ3v) is 4.31. The van der Waals surface area contributed by atoms with Crippen molar-refractivity contribution in [1.82, 2.24) is 19.8 Å². The van der Waals surface area contributed by atoms with Crippen LogP contribution in [0.1, 0.15) is 24.4 Å². The fourth-order valence-electron chi connectivity index (χ4n) is 2.97. The zero-order valence-corrected chi connectivity index (χ0v) is 14.4. The Hall–Kier alpha value is -2.67. The van der Waals surface area contributed by atoms with Gasteiger partial charge in [0.2, 0.25) is 5.91 Å². The molecule has 1 aliphatic rings. The Morgan fingerprint density at radius 2 is 2.16 bits per heavy atom. The van der Waals surface area contributed by atoms with E-state index in [1.807, 2.05) is 48.0 Å². The molecule has 0 bridgehead atoms. The number of aromatic nitrogens is 2. The zero-order chi connectivity index (χ0) is 17.8. The summed E-state index contributed by atoms with van der Waals surface area (Å²) in [5, 5.41) is 2.87. The predicted octanol–water partition coefficient (Wildman–Crippen LogP) is 1.12. The van der Waals surface area contributed by atoms with Crippen LogP contribution in [0.15, 0.2) is 42.7 Å². The fourth-order valence-corrected chi connectivity index (χ4v) is 2.97. The number of hydrogen-bond donors (Lipinski definition) is 1. The number of hydrogen-bond acceptors (Lipinski definition) is 4. The number of carbonyl (C=O) groups excluding carboxylic acids is 2. The lowest BCUT2D eigenvalue weighted by molar-refractivity contribution is -0.154. The molecule has 3 rings (SSSR count). The summed E-state index contributed by atoms with van der Waals surface area (Å²) in [5.74, 6) is 0.413. The summed E-state index contributed by atoms with van der Waals surface area (Å²) in [6.45, 7) is 3.09. The van der Waals surface area contributed by atoms with Gasteiger partial charge in [0.05, 0.1) is 12.6 Å². The van der Waals surface area contributed by atoms with Crippen molar-refractivity contribution in [2.24, 2.45) is 0 Å². The molecule has 2 aromatic rings. The van der Waals surface area contributed by atoms with Crippen LogP contribution in [-0.2, 0) is 27.4 Å². The van der Waals surface area contributed by atoms with Crippen LogP contribution < -0.4 is 5.32 Å². The Morgan fingerprint density at radius 3 is 2.88 bits per heavy atom. The van der Waals surface area contributed by atoms with Crippen molar-refractivity contribution in [2.75, 3.05) is 13.7 Å². The van der Waals surface area contributed by atoms with Gasteiger partial charge in [0.25, 0.3) is 5.91 Å². The molecule has 1 saturated heterocycles. The van der Waals surface area contributed by atoms with Crippen LogP contribution in [-0.4, -0.2) is 46.0 Å². The quantitative estimate of drug-likeness (QED) is 0.883. The molecule has 1 N–H and O–H groups in total. The molecule has 1 aliphatic heterocycles. The smallest absolute Gasteiger partial charge is 0.254 e. The van der Waals surface area contributed by atoms with Gasteiger partial charge in [0.1, 0.15) is 12.4 Å². The van der Waals surface area contributed by atoms with Crippen LogP contribution >= 0.6 is 0 Å². The second kappa shape index (κ2) is 7.48. The van der Waals surface area contributed by atoms with Crippen LogP contribution in [0.3, 0.4) is 0 Å². The van der Waals surface area contributed by atoms with E-state index in [4.69, 9.17) is 4.74 Å². The Morgan fingerprint density at radius 1 is 1.40 bits per heavy atom. The summed E-state index contributed by atoms with van der Waals surface area (Å²) < 4.78 is 7.57. The minimum Gasteiger partial charge on any atom is -0.356 e. The standard InChI is InChI=1S/C18H22N4O3/c1-3-22-10-9-19-14(22)11-21(2)18(24)17-16(20-15(23)12-25-17)13-7-5-4-6-8-13/h4-10,16-17H,3,11-12H2,1-2H3,(H,20,23)/t16-,17+/m1/s1. The second-order valence-corrected chi connectivity index (χ2v) is 6.01. The first-order valence-electron chi connectivity index (χ1n) is 8.31. The SMILES string of the molecule is CCn1ccnc1CN(C)C(=O)[C@H]1OCC(=O)N[C@@H]1c1ccccc1. The van der Waals surface area contributed by atoms with Gasteiger partial charge in [0.15, 0.2) is 6.10 Å². The van der Waals surface area contributed by atoms with Crippen molar-refractivity contribution >= 4 is 11.8 Å². The lowest BCUT2D eigenvalue weighted by Gasteiger charge is -2.34. The lowest BCUT2D eigenvalue weighted by Crippen LogP contribution is -2.52. The van der Waals surface area contributed by atoms with Gasteiger partial charge < -0.3 is 19.5 Å². The number of nitrogens with zero attached hydrogens (tertiary/aromatic N) is 3. The van der Waals surface area contributed by atoms with Gasteiger partial charge in [-0.1, -0.05) is 30.3 Å². The van der Waals surface area contributed by atoms with E-state index in [0.29, 0.717) is 6.54 Å². The molecule has 0 unspecified atom stereocenters. The molecule has 2 heterocycles. The van der Waals surface area contributed by atoms with Crippen molar-refractivity contribution in [3.63, 3.8) is 0 Å². The number of imidazole rings is 1. The molecule has 0 saturated carbocycles. The highest BCUT2D eigenvalue weighted by Gasteiger charge is 2.37. The Kier molecular flexibility index (Phi) is 5.14. The van der Waals surface area contributed by atoms with Gasteiger partial charge in [-0.15, -0.1) is 0 Å². The molecule has 2 amide bonds. The molecule has 0 radical (unpaired) electrons. The third kappa shape index (κ3) is 3.71. The largest absolute Gasteiger partial charge is 0.356 e. The van der Waals surface area contributed by atoms with E-state index >= 15 is 0 Å². The second-order valence-electron chi connectivity index (χ2n) is 6.01. The maximum absolute atomic E-state index is 12.9. The normalized spacial score (nSPS) is 20.2. The molecule has 1 aromatic heterocycles. The van der Waals surface area contributed by atoms with Gasteiger partial charge in [0, 0.05) is 26.0 Å². The number of morpholine rings is 1. The zero-order valence-electron chi connectivity index (χ0n) is 14.4. The first-order chi connectivity index (χ1) is 12.1. The van der Waals surface area contributed by atoms with Crippen LogP contribution in [0.25, 0.3) is 0 Å². The number of amides is 2. The summed E-state index contributed by atoms with van der Waals surface area (Å²) in [5.41, 5.74) is 0.845. The lowest BCUT2D eigenvalue weighted by atomic mass is 9.99. The van der Waals surface area contributed by atoms with E-state index in [1.165, 1.54) is 0 Å². The molecule has 2 atom stereocenters. The van der Waals surface area contributed by atoms with Crippen LogP contribution in [0, 0.1) is 0 Å². The Balaban J connectivity index is 1.77. The summed E-state index contributed by atoms with van der Waals surface area (Å²) in [6, 6.07) is 8.90. The number of likely N-dealkylation sites (N-methyl/N-ethyl adjacent to an activating group) is 1. The summed E-state index contributed by atoms with van der Waals surface area (Å²) >= 11 is 0. The van der Waals surface area contributed by atoms with E-state index < -0.39 is 12.1 Å². The van der Waals surface area contributed by atoms with Crippen molar-refractivity contribution in [3.8, 4) is 0 Å². The number of benzene rings is 1. The first kappa shape index (κ1) is 17.2. The molecule has 7 nitrogen and oxygen atoms in total. The number of carbonyl (C=O) groups is 2. The van der Waals surface area contributed by atoms with Gasteiger partial charge in [-0.2, -0.15) is 0 Å². The number of ether oxygens (including phenoxy) is 1. The van der Waals surface area contributed by atoms with E-state index in [1.54, 1.807) is 18.1 Å². The van der Waals surface area contributed by atoms with E-state index in [9.17, 15) is 9.59 Å². The number of nitrogens with one attached hydrogen (secondary N) is 1. The fraction of sp³-hybridized carbons (Fsp3) is 0.389. The van der Waals surface area contributed by atoms with E-state index in [0.717, 1.165) is 17.9 Å². The number of rotatable bonds is 5. The topological polar surface area (TPSA) is 76.5 Å². The minimum atomic E-state index is -0.755. The van der Waals surface area contributed by atoms with Crippen molar-refractivity contribution < 1.29 is 14.3 Å². The third-order valence-electron chi connectivity index (χ3n) is 4.31. The molecular formula is C18H22N4O3. The molecule has 132 valence electrons. The predicted molar refractivity (Wildman–Crippen MR) is 91.4 cm³/mol. The molecule has 1 fully saturated rings. The van der Waals surface area contributed by atoms with Gasteiger partial charge in [-0.05, 0) is 12.5 Å².